The lowest BCUT2D eigenvalue weighted by atomic mass is 9.89. The first-order valence-corrected chi connectivity index (χ1v) is 9.07. The first-order chi connectivity index (χ1) is 11.0. The Morgan fingerprint density at radius 3 is 2.61 bits per heavy atom. The number of piperazine rings is 1. The number of likely N-dealkylation sites (tertiary alicyclic amines) is 1. The molecule has 2 unspecified atom stereocenters. The quantitative estimate of drug-likeness (QED) is 0.755. The van der Waals surface area contributed by atoms with Crippen LogP contribution >= 0.6 is 0 Å². The molecule has 2 atom stereocenters. The molecular formula is C17H31N3O3. The van der Waals surface area contributed by atoms with E-state index in [-0.39, 0.29) is 12.5 Å². The highest BCUT2D eigenvalue weighted by Gasteiger charge is 2.41. The van der Waals surface area contributed by atoms with Gasteiger partial charge in [0, 0.05) is 58.3 Å². The second-order valence-electron chi connectivity index (χ2n) is 7.62. The number of hydrogen-bond acceptors (Lipinski definition) is 5. The Labute approximate surface area is 139 Å². The molecule has 0 aromatic carbocycles. The van der Waals surface area contributed by atoms with Gasteiger partial charge in [0.1, 0.15) is 0 Å². The Kier molecular flexibility index (Phi) is 5.26. The van der Waals surface area contributed by atoms with Crippen LogP contribution in [0.15, 0.2) is 0 Å². The molecule has 3 aliphatic heterocycles. The number of carbonyl (C=O) groups excluding carboxylic acids is 1. The summed E-state index contributed by atoms with van der Waals surface area (Å²) in [4.78, 5) is 18.3. The second-order valence-corrected chi connectivity index (χ2v) is 7.62. The van der Waals surface area contributed by atoms with Gasteiger partial charge in [0.2, 0.25) is 5.91 Å². The maximum atomic E-state index is 11.5. The number of piperidine rings is 1. The Morgan fingerprint density at radius 1 is 1.22 bits per heavy atom. The molecule has 132 valence electrons. The van der Waals surface area contributed by atoms with E-state index in [4.69, 9.17) is 0 Å². The van der Waals surface area contributed by atoms with Crippen molar-refractivity contribution in [1.29, 1.82) is 0 Å². The lowest BCUT2D eigenvalue weighted by Gasteiger charge is -2.48. The third-order valence-electron chi connectivity index (χ3n) is 6.01. The van der Waals surface area contributed by atoms with Crippen LogP contribution in [0.25, 0.3) is 0 Å². The normalized spacial score (nSPS) is 32.0. The van der Waals surface area contributed by atoms with E-state index in [0.717, 1.165) is 19.5 Å². The minimum Gasteiger partial charge on any atom is -0.396 e. The first kappa shape index (κ1) is 17.1. The molecule has 3 rings (SSSR count). The van der Waals surface area contributed by atoms with Crippen LogP contribution in [0.2, 0.25) is 0 Å². The van der Waals surface area contributed by atoms with Gasteiger partial charge in [-0.05, 0) is 38.6 Å². The summed E-state index contributed by atoms with van der Waals surface area (Å²) < 4.78 is 0. The van der Waals surface area contributed by atoms with Crippen molar-refractivity contribution in [1.82, 2.24) is 14.7 Å². The molecule has 6 nitrogen and oxygen atoms in total. The van der Waals surface area contributed by atoms with Gasteiger partial charge in [-0.2, -0.15) is 0 Å². The number of aliphatic hydroxyl groups is 2. The zero-order valence-corrected chi connectivity index (χ0v) is 14.3. The second kappa shape index (κ2) is 7.05. The third-order valence-corrected chi connectivity index (χ3v) is 6.01. The zero-order valence-electron chi connectivity index (χ0n) is 14.3. The largest absolute Gasteiger partial charge is 0.396 e. The van der Waals surface area contributed by atoms with Crippen LogP contribution in [0.3, 0.4) is 0 Å². The smallest absolute Gasteiger partial charge is 0.219 e. The Balaban J connectivity index is 1.61. The summed E-state index contributed by atoms with van der Waals surface area (Å²) in [7, 11) is 0. The maximum Gasteiger partial charge on any atom is 0.219 e. The molecule has 0 saturated carbocycles. The van der Waals surface area contributed by atoms with Gasteiger partial charge in [-0.1, -0.05) is 0 Å². The zero-order chi connectivity index (χ0) is 16.4. The molecular weight excluding hydrogens is 294 g/mol. The molecule has 3 heterocycles. The molecule has 2 N–H and O–H groups in total. The highest BCUT2D eigenvalue weighted by atomic mass is 16.3. The van der Waals surface area contributed by atoms with E-state index in [1.165, 1.54) is 19.4 Å². The van der Waals surface area contributed by atoms with Crippen molar-refractivity contribution in [3.63, 3.8) is 0 Å². The lowest BCUT2D eigenvalue weighted by Crippen LogP contribution is -2.61. The number of hydrogen-bond donors (Lipinski definition) is 2. The summed E-state index contributed by atoms with van der Waals surface area (Å²) in [6, 6.07) is 0.954. The first-order valence-electron chi connectivity index (χ1n) is 9.07. The summed E-state index contributed by atoms with van der Waals surface area (Å²) in [5.74, 6) is 0.102. The number of nitrogens with zero attached hydrogens (tertiary/aromatic N) is 3. The van der Waals surface area contributed by atoms with Crippen LogP contribution in [-0.2, 0) is 4.79 Å². The molecule has 1 amide bonds. The molecule has 0 spiro atoms. The van der Waals surface area contributed by atoms with E-state index in [1.54, 1.807) is 6.92 Å². The van der Waals surface area contributed by atoms with Gasteiger partial charge in [-0.3, -0.25) is 14.6 Å². The molecule has 0 radical (unpaired) electrons. The third kappa shape index (κ3) is 3.87. The molecule has 0 aromatic rings. The molecule has 23 heavy (non-hydrogen) atoms. The van der Waals surface area contributed by atoms with Crippen molar-refractivity contribution in [3.05, 3.63) is 0 Å². The fourth-order valence-electron chi connectivity index (χ4n) is 4.54. The van der Waals surface area contributed by atoms with Crippen molar-refractivity contribution in [2.75, 3.05) is 45.9 Å². The van der Waals surface area contributed by atoms with Crippen molar-refractivity contribution >= 4 is 5.91 Å². The van der Waals surface area contributed by atoms with E-state index in [0.29, 0.717) is 44.6 Å². The van der Waals surface area contributed by atoms with Gasteiger partial charge in [0.25, 0.3) is 0 Å². The van der Waals surface area contributed by atoms with Gasteiger partial charge in [0.05, 0.1) is 5.60 Å². The van der Waals surface area contributed by atoms with Crippen LogP contribution in [0.5, 0.6) is 0 Å². The van der Waals surface area contributed by atoms with Crippen molar-refractivity contribution in [3.8, 4) is 0 Å². The van der Waals surface area contributed by atoms with Gasteiger partial charge in [-0.25, -0.2) is 0 Å². The Morgan fingerprint density at radius 2 is 1.96 bits per heavy atom. The minimum atomic E-state index is -0.694. The molecule has 3 fully saturated rings. The number of β-amino-alcohol motifs (C(OH)–C–C–N with tert-alkyl or cyclic N) is 1. The molecule has 0 aliphatic carbocycles. The number of aliphatic hydroxyl groups excluding tert-OH is 1. The lowest BCUT2D eigenvalue weighted by molar-refractivity contribution is -0.134. The molecule has 0 bridgehead atoms. The molecule has 3 aliphatic rings. The number of carbonyl (C=O) groups is 1. The van der Waals surface area contributed by atoms with Gasteiger partial charge in [-0.15, -0.1) is 0 Å². The summed E-state index contributed by atoms with van der Waals surface area (Å²) in [6.45, 7) is 6.98. The van der Waals surface area contributed by atoms with Crippen molar-refractivity contribution < 1.29 is 15.0 Å². The Hall–Kier alpha value is -0.690. The topological polar surface area (TPSA) is 67.3 Å². The predicted octanol–water partition coefficient (Wildman–Crippen LogP) is -0.109. The minimum absolute atomic E-state index is 0.102. The van der Waals surface area contributed by atoms with Gasteiger partial charge in [0.15, 0.2) is 0 Å². The molecule has 3 saturated heterocycles. The van der Waals surface area contributed by atoms with Gasteiger partial charge < -0.3 is 15.1 Å². The fourth-order valence-corrected chi connectivity index (χ4v) is 4.54. The van der Waals surface area contributed by atoms with Crippen molar-refractivity contribution in [2.45, 2.75) is 56.7 Å². The summed E-state index contributed by atoms with van der Waals surface area (Å²) in [6.07, 6.45) is 4.60. The fraction of sp³-hybridized carbons (Fsp3) is 0.941. The molecule has 6 heteroatoms. The summed E-state index contributed by atoms with van der Waals surface area (Å²) in [5, 5.41) is 20.4. The Bertz CT molecular complexity index is 423. The average molecular weight is 325 g/mol. The number of fused-ring (bicyclic) bond motifs is 1. The van der Waals surface area contributed by atoms with Crippen LogP contribution < -0.4 is 0 Å². The monoisotopic (exact) mass is 325 g/mol. The maximum absolute atomic E-state index is 11.5. The van der Waals surface area contributed by atoms with E-state index in [9.17, 15) is 15.0 Å². The number of amides is 1. The van der Waals surface area contributed by atoms with E-state index in [2.05, 4.69) is 9.80 Å². The standard InChI is InChI=1S/C17H31N3O3/c1-14(22)18-8-5-17(23,6-9-18)13-20-12-15-3-2-7-19(15)11-16(20)4-10-21/h15-16,21,23H,2-13H2,1H3. The molecule has 0 aromatic heterocycles. The highest BCUT2D eigenvalue weighted by Crippen LogP contribution is 2.30. The van der Waals surface area contributed by atoms with Crippen LogP contribution in [0, 0.1) is 0 Å². The van der Waals surface area contributed by atoms with Crippen molar-refractivity contribution in [2.24, 2.45) is 0 Å². The summed E-state index contributed by atoms with van der Waals surface area (Å²) >= 11 is 0. The van der Waals surface area contributed by atoms with E-state index in [1.807, 2.05) is 4.90 Å². The van der Waals surface area contributed by atoms with Crippen LogP contribution in [0.1, 0.15) is 39.0 Å². The van der Waals surface area contributed by atoms with Gasteiger partial charge >= 0.3 is 0 Å². The summed E-state index contributed by atoms with van der Waals surface area (Å²) in [5.41, 5.74) is -0.694. The highest BCUT2D eigenvalue weighted by molar-refractivity contribution is 5.73. The number of rotatable bonds is 4. The van der Waals surface area contributed by atoms with Crippen LogP contribution in [0.4, 0.5) is 0 Å². The van der Waals surface area contributed by atoms with Crippen LogP contribution in [-0.4, -0.2) is 94.4 Å². The predicted molar refractivity (Wildman–Crippen MR) is 88.1 cm³/mol. The SMILES string of the molecule is CC(=O)N1CCC(O)(CN2CC3CCCN3CC2CCO)CC1. The van der Waals surface area contributed by atoms with E-state index < -0.39 is 5.60 Å². The van der Waals surface area contributed by atoms with E-state index >= 15 is 0 Å². The average Bonchev–Trinajstić information content (AvgIpc) is 2.95.